The second-order valence-electron chi connectivity index (χ2n) is 4.82. The third kappa shape index (κ3) is 3.90. The quantitative estimate of drug-likeness (QED) is 0.793. The summed E-state index contributed by atoms with van der Waals surface area (Å²) >= 11 is 1.62. The van der Waals surface area contributed by atoms with E-state index in [1.165, 1.54) is 6.42 Å². The molecule has 4 heteroatoms. The number of nitrogens with zero attached hydrogens (tertiary/aromatic N) is 1. The fourth-order valence-electron chi connectivity index (χ4n) is 2.28. The number of thioether (sulfide) groups is 1. The van der Waals surface area contributed by atoms with Crippen LogP contribution in [0.1, 0.15) is 26.2 Å². The summed E-state index contributed by atoms with van der Waals surface area (Å²) < 4.78 is 5.13. The van der Waals surface area contributed by atoms with Crippen LogP contribution < -0.4 is 4.74 Å². The molecule has 3 nitrogen and oxygen atoms in total. The van der Waals surface area contributed by atoms with Gasteiger partial charge in [-0.1, -0.05) is 0 Å². The van der Waals surface area contributed by atoms with Gasteiger partial charge in [0.1, 0.15) is 5.75 Å². The predicted octanol–water partition coefficient (Wildman–Crippen LogP) is 3.19. The van der Waals surface area contributed by atoms with E-state index < -0.39 is 0 Å². The second kappa shape index (κ2) is 6.85. The molecular weight excluding hydrogens is 258 g/mol. The number of hydrogen-bond donors (Lipinski definition) is 0. The number of likely N-dealkylation sites (tertiary alicyclic amines) is 1. The molecule has 19 heavy (non-hydrogen) atoms. The van der Waals surface area contributed by atoms with Gasteiger partial charge in [0, 0.05) is 18.0 Å². The van der Waals surface area contributed by atoms with Crippen molar-refractivity contribution in [3.05, 3.63) is 24.3 Å². The summed E-state index contributed by atoms with van der Waals surface area (Å²) in [7, 11) is 1.66. The number of hydrogen-bond acceptors (Lipinski definition) is 3. The normalized spacial score (nSPS) is 17.1. The van der Waals surface area contributed by atoms with Gasteiger partial charge in [-0.25, -0.2) is 0 Å². The van der Waals surface area contributed by atoms with Crippen LogP contribution in [0.3, 0.4) is 0 Å². The fourth-order valence-corrected chi connectivity index (χ4v) is 3.23. The molecule has 104 valence electrons. The lowest BCUT2D eigenvalue weighted by atomic mass is 10.1. The maximum absolute atomic E-state index is 12.3. The lowest BCUT2D eigenvalue weighted by Crippen LogP contribution is -2.40. The van der Waals surface area contributed by atoms with Gasteiger partial charge in [0.25, 0.3) is 0 Å². The van der Waals surface area contributed by atoms with Crippen molar-refractivity contribution in [3.8, 4) is 5.75 Å². The zero-order chi connectivity index (χ0) is 13.7. The van der Waals surface area contributed by atoms with Crippen LogP contribution in [0.25, 0.3) is 0 Å². The molecule has 0 saturated carbocycles. The van der Waals surface area contributed by atoms with Crippen LogP contribution in [-0.2, 0) is 4.79 Å². The summed E-state index contributed by atoms with van der Waals surface area (Å²) in [5, 5.41) is -0.0218. The van der Waals surface area contributed by atoms with E-state index in [9.17, 15) is 4.79 Å². The standard InChI is InChI=1S/C15H21NO2S/c1-12(15(17)16-10-4-3-5-11-16)19-14-8-6-13(18-2)7-9-14/h6-9,12H,3-5,10-11H2,1-2H3/t12-/m0/s1. The van der Waals surface area contributed by atoms with Crippen molar-refractivity contribution in [2.24, 2.45) is 0 Å². The van der Waals surface area contributed by atoms with Gasteiger partial charge in [0.05, 0.1) is 12.4 Å². The number of piperidine rings is 1. The number of carbonyl (C=O) groups excluding carboxylic acids is 1. The first kappa shape index (κ1) is 14.3. The molecule has 0 N–H and O–H groups in total. The molecule has 1 heterocycles. The molecule has 1 aromatic carbocycles. The highest BCUT2D eigenvalue weighted by Crippen LogP contribution is 2.27. The minimum atomic E-state index is -0.0218. The molecule has 0 aromatic heterocycles. The van der Waals surface area contributed by atoms with Crippen molar-refractivity contribution in [2.75, 3.05) is 20.2 Å². The molecular formula is C15H21NO2S. The van der Waals surface area contributed by atoms with E-state index in [0.29, 0.717) is 0 Å². The molecule has 0 bridgehead atoms. The molecule has 1 aliphatic rings. The van der Waals surface area contributed by atoms with E-state index in [4.69, 9.17) is 4.74 Å². The summed E-state index contributed by atoms with van der Waals surface area (Å²) in [6, 6.07) is 7.87. The first-order chi connectivity index (χ1) is 9.20. The van der Waals surface area contributed by atoms with Gasteiger partial charge in [0.2, 0.25) is 5.91 Å². The SMILES string of the molecule is COc1ccc(S[C@@H](C)C(=O)N2CCCCC2)cc1. The third-order valence-electron chi connectivity index (χ3n) is 3.39. The van der Waals surface area contributed by atoms with Crippen molar-refractivity contribution >= 4 is 17.7 Å². The van der Waals surface area contributed by atoms with Gasteiger partial charge < -0.3 is 9.64 Å². The fraction of sp³-hybridized carbons (Fsp3) is 0.533. The average molecular weight is 279 g/mol. The maximum Gasteiger partial charge on any atom is 0.235 e. The third-order valence-corrected chi connectivity index (χ3v) is 4.49. The topological polar surface area (TPSA) is 29.5 Å². The largest absolute Gasteiger partial charge is 0.497 e. The highest BCUT2D eigenvalue weighted by molar-refractivity contribution is 8.00. The number of methoxy groups -OCH3 is 1. The van der Waals surface area contributed by atoms with Crippen LogP contribution in [-0.4, -0.2) is 36.3 Å². The Morgan fingerprint density at radius 1 is 1.21 bits per heavy atom. The van der Waals surface area contributed by atoms with Crippen molar-refractivity contribution in [1.82, 2.24) is 4.90 Å². The second-order valence-corrected chi connectivity index (χ2v) is 6.24. The van der Waals surface area contributed by atoms with Crippen molar-refractivity contribution in [3.63, 3.8) is 0 Å². The Hall–Kier alpha value is -1.16. The Morgan fingerprint density at radius 2 is 1.84 bits per heavy atom. The zero-order valence-electron chi connectivity index (χ0n) is 11.6. The molecule has 0 unspecified atom stereocenters. The van der Waals surface area contributed by atoms with Gasteiger partial charge in [-0.15, -0.1) is 11.8 Å². The van der Waals surface area contributed by atoms with Crippen LogP contribution in [0.4, 0.5) is 0 Å². The molecule has 1 atom stereocenters. The van der Waals surface area contributed by atoms with Crippen molar-refractivity contribution < 1.29 is 9.53 Å². The Morgan fingerprint density at radius 3 is 2.42 bits per heavy atom. The van der Waals surface area contributed by atoms with Gasteiger partial charge in [-0.05, 0) is 50.5 Å². The van der Waals surface area contributed by atoms with E-state index in [-0.39, 0.29) is 11.2 Å². The minimum Gasteiger partial charge on any atom is -0.497 e. The van der Waals surface area contributed by atoms with E-state index in [2.05, 4.69) is 0 Å². The van der Waals surface area contributed by atoms with Crippen LogP contribution in [0, 0.1) is 0 Å². The summed E-state index contributed by atoms with van der Waals surface area (Å²) in [6.07, 6.45) is 3.54. The van der Waals surface area contributed by atoms with Gasteiger partial charge in [-0.2, -0.15) is 0 Å². The van der Waals surface area contributed by atoms with E-state index >= 15 is 0 Å². The zero-order valence-corrected chi connectivity index (χ0v) is 12.4. The Labute approximate surface area is 119 Å². The molecule has 1 aromatic rings. The summed E-state index contributed by atoms with van der Waals surface area (Å²) in [5.41, 5.74) is 0. The smallest absolute Gasteiger partial charge is 0.235 e. The Bertz CT molecular complexity index is 413. The Balaban J connectivity index is 1.91. The highest BCUT2D eigenvalue weighted by atomic mass is 32.2. The van der Waals surface area contributed by atoms with Gasteiger partial charge in [0.15, 0.2) is 0 Å². The van der Waals surface area contributed by atoms with Crippen LogP contribution in [0.2, 0.25) is 0 Å². The summed E-state index contributed by atoms with van der Waals surface area (Å²) in [4.78, 5) is 15.4. The number of rotatable bonds is 4. The Kier molecular flexibility index (Phi) is 5.14. The lowest BCUT2D eigenvalue weighted by molar-refractivity contribution is -0.131. The minimum absolute atomic E-state index is 0.0218. The van der Waals surface area contributed by atoms with Crippen LogP contribution in [0.15, 0.2) is 29.2 Å². The summed E-state index contributed by atoms with van der Waals surface area (Å²) in [5.74, 6) is 1.11. The van der Waals surface area contributed by atoms with E-state index in [1.54, 1.807) is 18.9 Å². The van der Waals surface area contributed by atoms with Crippen LogP contribution in [0.5, 0.6) is 5.75 Å². The number of amides is 1. The van der Waals surface area contributed by atoms with E-state index in [1.807, 2.05) is 36.1 Å². The molecule has 0 spiro atoms. The molecule has 0 aliphatic carbocycles. The van der Waals surface area contributed by atoms with Crippen LogP contribution >= 0.6 is 11.8 Å². The van der Waals surface area contributed by atoms with E-state index in [0.717, 1.165) is 36.6 Å². The average Bonchev–Trinajstić information content (AvgIpc) is 2.48. The van der Waals surface area contributed by atoms with Crippen molar-refractivity contribution in [2.45, 2.75) is 36.3 Å². The first-order valence-electron chi connectivity index (χ1n) is 6.80. The number of benzene rings is 1. The van der Waals surface area contributed by atoms with Gasteiger partial charge >= 0.3 is 0 Å². The molecule has 1 amide bonds. The molecule has 1 aliphatic heterocycles. The number of carbonyl (C=O) groups is 1. The monoisotopic (exact) mass is 279 g/mol. The molecule has 0 radical (unpaired) electrons. The molecule has 1 saturated heterocycles. The first-order valence-corrected chi connectivity index (χ1v) is 7.68. The summed E-state index contributed by atoms with van der Waals surface area (Å²) in [6.45, 7) is 3.84. The van der Waals surface area contributed by atoms with Crippen molar-refractivity contribution in [1.29, 1.82) is 0 Å². The molecule has 1 fully saturated rings. The maximum atomic E-state index is 12.3. The molecule has 2 rings (SSSR count). The lowest BCUT2D eigenvalue weighted by Gasteiger charge is -2.29. The number of ether oxygens (including phenoxy) is 1. The highest BCUT2D eigenvalue weighted by Gasteiger charge is 2.22. The predicted molar refractivity (Wildman–Crippen MR) is 78.7 cm³/mol. The van der Waals surface area contributed by atoms with Gasteiger partial charge in [-0.3, -0.25) is 4.79 Å².